The van der Waals surface area contributed by atoms with E-state index in [4.69, 9.17) is 32.7 Å². The Morgan fingerprint density at radius 2 is 2.09 bits per heavy atom. The van der Waals surface area contributed by atoms with Crippen LogP contribution in [0.15, 0.2) is 56.4 Å². The molecule has 1 aliphatic carbocycles. The number of aromatic nitrogens is 1. The SMILES string of the molecule is C=C(Nc1ccc(Cl)nc1/C(N)=N/O)c1cc(C)cc2c(=O)c(C)c(C(C=NC3CC3)=CN)oc12. The van der Waals surface area contributed by atoms with E-state index in [9.17, 15) is 4.79 Å². The van der Waals surface area contributed by atoms with E-state index >= 15 is 0 Å². The minimum atomic E-state index is -0.228. The van der Waals surface area contributed by atoms with Crippen molar-refractivity contribution in [2.75, 3.05) is 5.32 Å². The molecule has 180 valence electrons. The maximum Gasteiger partial charge on any atom is 0.196 e. The third kappa shape index (κ3) is 4.90. The zero-order valence-corrected chi connectivity index (χ0v) is 20.1. The number of hydrogen-bond donors (Lipinski definition) is 4. The summed E-state index contributed by atoms with van der Waals surface area (Å²) in [4.78, 5) is 21.9. The molecule has 10 heteroatoms. The largest absolute Gasteiger partial charge is 0.455 e. The highest BCUT2D eigenvalue weighted by Crippen LogP contribution is 2.31. The molecule has 3 aromatic rings. The highest BCUT2D eigenvalue weighted by Gasteiger charge is 2.21. The number of benzene rings is 1. The van der Waals surface area contributed by atoms with Crippen LogP contribution in [0.3, 0.4) is 0 Å². The molecule has 9 nitrogen and oxygen atoms in total. The number of halogens is 1. The second kappa shape index (κ2) is 9.63. The molecule has 0 radical (unpaired) electrons. The van der Waals surface area contributed by atoms with Gasteiger partial charge in [-0.1, -0.05) is 23.3 Å². The van der Waals surface area contributed by atoms with Crippen LogP contribution in [0.25, 0.3) is 22.2 Å². The number of pyridine rings is 1. The fourth-order valence-electron chi connectivity index (χ4n) is 3.63. The molecular formula is C25H25ClN6O3. The van der Waals surface area contributed by atoms with Gasteiger partial charge in [0.05, 0.1) is 22.7 Å². The summed E-state index contributed by atoms with van der Waals surface area (Å²) < 4.78 is 6.28. The van der Waals surface area contributed by atoms with Gasteiger partial charge in [-0.15, -0.1) is 0 Å². The van der Waals surface area contributed by atoms with Crippen LogP contribution in [0.1, 0.15) is 41.0 Å². The number of hydrogen-bond acceptors (Lipinski definition) is 8. The zero-order chi connectivity index (χ0) is 25.3. The van der Waals surface area contributed by atoms with Crippen molar-refractivity contribution in [3.63, 3.8) is 0 Å². The van der Waals surface area contributed by atoms with Crippen molar-refractivity contribution in [1.82, 2.24) is 4.98 Å². The lowest BCUT2D eigenvalue weighted by atomic mass is 10.0. The fraction of sp³-hybridized carbons (Fsp3) is 0.200. The summed E-state index contributed by atoms with van der Waals surface area (Å²) in [6.45, 7) is 7.71. The summed E-state index contributed by atoms with van der Waals surface area (Å²) in [5, 5.41) is 15.8. The molecule has 2 heterocycles. The Kier molecular flexibility index (Phi) is 6.61. The quantitative estimate of drug-likeness (QED) is 0.127. The summed E-state index contributed by atoms with van der Waals surface area (Å²) >= 11 is 5.98. The van der Waals surface area contributed by atoms with Crippen LogP contribution in [0, 0.1) is 13.8 Å². The predicted molar refractivity (Wildman–Crippen MR) is 140 cm³/mol. The molecule has 1 aliphatic rings. The van der Waals surface area contributed by atoms with Gasteiger partial charge in [-0.3, -0.25) is 9.79 Å². The van der Waals surface area contributed by atoms with Crippen molar-refractivity contribution in [3.8, 4) is 0 Å². The molecule has 1 saturated carbocycles. The Labute approximate surface area is 206 Å². The van der Waals surface area contributed by atoms with Crippen molar-refractivity contribution in [2.24, 2.45) is 21.6 Å². The first kappa shape index (κ1) is 24.0. The number of oxime groups is 1. The topological polar surface area (TPSA) is 152 Å². The van der Waals surface area contributed by atoms with E-state index in [1.165, 1.54) is 6.20 Å². The van der Waals surface area contributed by atoms with Crippen molar-refractivity contribution in [3.05, 3.63) is 80.6 Å². The Morgan fingerprint density at radius 3 is 2.74 bits per heavy atom. The van der Waals surface area contributed by atoms with Gasteiger partial charge in [-0.05, 0) is 56.5 Å². The summed E-state index contributed by atoms with van der Waals surface area (Å²) in [6.07, 6.45) is 5.11. The van der Waals surface area contributed by atoms with E-state index in [1.54, 1.807) is 31.3 Å². The molecule has 0 spiro atoms. The van der Waals surface area contributed by atoms with E-state index in [2.05, 4.69) is 27.0 Å². The number of fused-ring (bicyclic) bond motifs is 1. The summed E-state index contributed by atoms with van der Waals surface area (Å²) in [5.74, 6) is 0.117. The van der Waals surface area contributed by atoms with Gasteiger partial charge in [0.1, 0.15) is 22.2 Å². The van der Waals surface area contributed by atoms with E-state index in [0.717, 1.165) is 18.4 Å². The van der Waals surface area contributed by atoms with E-state index < -0.39 is 0 Å². The lowest BCUT2D eigenvalue weighted by Gasteiger charge is -2.16. The van der Waals surface area contributed by atoms with Crippen molar-refractivity contribution >= 4 is 51.6 Å². The van der Waals surface area contributed by atoms with Crippen molar-refractivity contribution < 1.29 is 9.62 Å². The zero-order valence-electron chi connectivity index (χ0n) is 19.3. The lowest BCUT2D eigenvalue weighted by molar-refractivity contribution is 0.318. The Balaban J connectivity index is 1.84. The van der Waals surface area contributed by atoms with E-state index in [-0.39, 0.29) is 28.2 Å². The lowest BCUT2D eigenvalue weighted by Crippen LogP contribution is -2.18. The number of nitrogens with one attached hydrogen (secondary N) is 1. The van der Waals surface area contributed by atoms with Gasteiger partial charge in [0.25, 0.3) is 0 Å². The number of anilines is 1. The van der Waals surface area contributed by atoms with Crippen LogP contribution in [0.5, 0.6) is 0 Å². The van der Waals surface area contributed by atoms with Crippen LogP contribution < -0.4 is 22.2 Å². The fourth-order valence-corrected chi connectivity index (χ4v) is 3.78. The number of allylic oxidation sites excluding steroid dienone is 1. The highest BCUT2D eigenvalue weighted by molar-refractivity contribution is 6.29. The number of nitrogens with two attached hydrogens (primary N) is 2. The molecule has 35 heavy (non-hydrogen) atoms. The molecule has 0 unspecified atom stereocenters. The maximum atomic E-state index is 13.3. The summed E-state index contributed by atoms with van der Waals surface area (Å²) in [6, 6.07) is 7.08. The minimum absolute atomic E-state index is 0.140. The van der Waals surface area contributed by atoms with Crippen molar-refractivity contribution in [1.29, 1.82) is 0 Å². The molecule has 1 aromatic carbocycles. The van der Waals surface area contributed by atoms with Crippen LogP contribution in [0.4, 0.5) is 5.69 Å². The smallest absolute Gasteiger partial charge is 0.196 e. The first-order chi connectivity index (χ1) is 16.7. The highest BCUT2D eigenvalue weighted by atomic mass is 35.5. The normalized spacial score (nSPS) is 14.6. The average molecular weight is 493 g/mol. The first-order valence-electron chi connectivity index (χ1n) is 10.9. The second-order valence-corrected chi connectivity index (χ2v) is 8.71. The maximum absolute atomic E-state index is 13.3. The first-order valence-corrected chi connectivity index (χ1v) is 11.3. The molecule has 0 atom stereocenters. The molecule has 1 fully saturated rings. The van der Waals surface area contributed by atoms with Gasteiger partial charge in [0, 0.05) is 29.2 Å². The van der Waals surface area contributed by atoms with Crippen LogP contribution in [-0.4, -0.2) is 28.3 Å². The standard InChI is InChI=1S/C25H25ClN6O3/c1-12-8-17(14(3)30-19-6-7-20(26)31-21(19)25(28)32-34)24-18(9-12)22(33)13(2)23(35-24)15(10-27)11-29-16-4-5-16/h6-11,16,30,34H,3-5,27H2,1-2H3,(H2,28,32). The summed E-state index contributed by atoms with van der Waals surface area (Å²) in [5.41, 5.74) is 15.1. The molecule has 2 aromatic heterocycles. The van der Waals surface area contributed by atoms with Gasteiger partial charge < -0.3 is 26.4 Å². The van der Waals surface area contributed by atoms with Gasteiger partial charge in [-0.2, -0.15) is 0 Å². The minimum Gasteiger partial charge on any atom is -0.455 e. The molecule has 4 rings (SSSR count). The monoisotopic (exact) mass is 492 g/mol. The van der Waals surface area contributed by atoms with Gasteiger partial charge in [-0.25, -0.2) is 4.98 Å². The van der Waals surface area contributed by atoms with E-state index in [1.807, 2.05) is 13.0 Å². The van der Waals surface area contributed by atoms with Gasteiger partial charge in [0.15, 0.2) is 11.3 Å². The third-order valence-electron chi connectivity index (χ3n) is 5.60. The molecule has 0 aliphatic heterocycles. The number of aryl methyl sites for hydroxylation is 1. The number of amidine groups is 1. The van der Waals surface area contributed by atoms with Crippen LogP contribution in [0.2, 0.25) is 5.15 Å². The Hall–Kier alpha value is -4.11. The van der Waals surface area contributed by atoms with Crippen LogP contribution >= 0.6 is 11.6 Å². The van der Waals surface area contributed by atoms with Crippen molar-refractivity contribution in [2.45, 2.75) is 32.7 Å². The Bertz CT molecular complexity index is 1480. The molecular weight excluding hydrogens is 468 g/mol. The Morgan fingerprint density at radius 1 is 1.34 bits per heavy atom. The molecule has 0 bridgehead atoms. The molecule has 0 saturated heterocycles. The van der Waals surface area contributed by atoms with Gasteiger partial charge >= 0.3 is 0 Å². The van der Waals surface area contributed by atoms with Crippen LogP contribution in [-0.2, 0) is 0 Å². The third-order valence-corrected chi connectivity index (χ3v) is 5.81. The number of aliphatic imine (C=N–C) groups is 1. The summed E-state index contributed by atoms with van der Waals surface area (Å²) in [7, 11) is 0. The second-order valence-electron chi connectivity index (χ2n) is 8.32. The van der Waals surface area contributed by atoms with E-state index in [0.29, 0.717) is 44.8 Å². The number of rotatable bonds is 7. The average Bonchev–Trinajstić information content (AvgIpc) is 3.67. The number of nitrogens with zero attached hydrogens (tertiary/aromatic N) is 3. The molecule has 6 N–H and O–H groups in total. The van der Waals surface area contributed by atoms with Gasteiger partial charge in [0.2, 0.25) is 0 Å². The predicted octanol–water partition coefficient (Wildman–Crippen LogP) is 4.17. The molecule has 0 amide bonds.